The standard InChI is InChI=1S/C42H69NO4/c1-3-5-7-9-11-13-15-17-19-21-23-25-27-29-31-33-35-46-40-37-39(42(44)45)38-41(43-40)47-36-34-32-30-28-26-24-22-20-18-16-14-12-10-8-6-4-2/h11-14,17-20,37-38H,3-10,15-16,21-36H2,1-2H3,(H,44,45)/b13-11-,14-12-,19-17-,20-18-. The first kappa shape index (κ1) is 42.2. The van der Waals surface area contributed by atoms with Crippen molar-refractivity contribution in [1.82, 2.24) is 4.98 Å². The average molecular weight is 652 g/mol. The number of carboxylic acid groups (broad SMARTS) is 1. The first-order chi connectivity index (χ1) is 23.2. The van der Waals surface area contributed by atoms with Gasteiger partial charge in [-0.3, -0.25) is 0 Å². The molecule has 1 aromatic rings. The summed E-state index contributed by atoms with van der Waals surface area (Å²) in [5.41, 5.74) is 0.152. The number of aromatic nitrogens is 1. The first-order valence-corrected chi connectivity index (χ1v) is 19.3. The van der Waals surface area contributed by atoms with Gasteiger partial charge in [0.1, 0.15) is 0 Å². The van der Waals surface area contributed by atoms with Crippen LogP contribution in [0.3, 0.4) is 0 Å². The van der Waals surface area contributed by atoms with Crippen LogP contribution in [-0.2, 0) is 0 Å². The molecule has 0 unspecified atom stereocenters. The zero-order valence-corrected chi connectivity index (χ0v) is 30.3. The van der Waals surface area contributed by atoms with Crippen molar-refractivity contribution in [3.8, 4) is 11.8 Å². The molecule has 1 heterocycles. The molecule has 5 heteroatoms. The molecular weight excluding hydrogens is 582 g/mol. The topological polar surface area (TPSA) is 68.7 Å². The highest BCUT2D eigenvalue weighted by molar-refractivity contribution is 5.88. The van der Waals surface area contributed by atoms with Crippen LogP contribution < -0.4 is 9.47 Å². The Labute approximate surface area is 289 Å². The molecule has 5 nitrogen and oxygen atoms in total. The number of unbranched alkanes of at least 4 members (excludes halogenated alkanes) is 18. The molecule has 0 aliphatic rings. The van der Waals surface area contributed by atoms with Crippen molar-refractivity contribution in [3.63, 3.8) is 0 Å². The number of pyridine rings is 1. The van der Waals surface area contributed by atoms with E-state index in [1.807, 2.05) is 0 Å². The van der Waals surface area contributed by atoms with Gasteiger partial charge < -0.3 is 14.6 Å². The number of carbonyl (C=O) groups is 1. The number of nitrogens with zero attached hydrogens (tertiary/aromatic N) is 1. The Balaban J connectivity index is 2.08. The summed E-state index contributed by atoms with van der Waals surface area (Å²) in [7, 11) is 0. The van der Waals surface area contributed by atoms with Crippen molar-refractivity contribution in [1.29, 1.82) is 0 Å². The van der Waals surface area contributed by atoms with Gasteiger partial charge in [-0.2, -0.15) is 4.98 Å². The normalized spacial score (nSPS) is 12.0. The van der Waals surface area contributed by atoms with Crippen LogP contribution in [0.25, 0.3) is 0 Å². The number of aromatic carboxylic acids is 1. The molecule has 0 aromatic carbocycles. The van der Waals surface area contributed by atoms with Crippen molar-refractivity contribution in [2.75, 3.05) is 13.2 Å². The largest absolute Gasteiger partial charge is 0.478 e. The second-order valence-electron chi connectivity index (χ2n) is 12.7. The van der Waals surface area contributed by atoms with Crippen LogP contribution in [0.2, 0.25) is 0 Å². The maximum atomic E-state index is 11.6. The molecule has 0 aliphatic carbocycles. The van der Waals surface area contributed by atoms with Crippen molar-refractivity contribution in [2.45, 2.75) is 168 Å². The molecule has 0 atom stereocenters. The fourth-order valence-corrected chi connectivity index (χ4v) is 5.29. The molecule has 1 aromatic heterocycles. The van der Waals surface area contributed by atoms with E-state index in [9.17, 15) is 9.90 Å². The lowest BCUT2D eigenvalue weighted by atomic mass is 10.1. The fraction of sp³-hybridized carbons (Fsp3) is 0.667. The Morgan fingerprint density at radius 2 is 0.872 bits per heavy atom. The third kappa shape index (κ3) is 28.0. The first-order valence-electron chi connectivity index (χ1n) is 19.3. The minimum absolute atomic E-state index is 0.152. The number of carboxylic acids is 1. The van der Waals surface area contributed by atoms with E-state index in [0.717, 1.165) is 38.5 Å². The summed E-state index contributed by atoms with van der Waals surface area (Å²) in [5, 5.41) is 9.52. The summed E-state index contributed by atoms with van der Waals surface area (Å²) in [6.07, 6.45) is 47.1. The van der Waals surface area contributed by atoms with Crippen molar-refractivity contribution in [3.05, 3.63) is 66.3 Å². The zero-order valence-electron chi connectivity index (χ0n) is 30.3. The highest BCUT2D eigenvalue weighted by Crippen LogP contribution is 2.20. The van der Waals surface area contributed by atoms with Crippen LogP contribution in [0.5, 0.6) is 11.8 Å². The minimum atomic E-state index is -0.996. The molecule has 0 spiro atoms. The molecule has 0 fully saturated rings. The van der Waals surface area contributed by atoms with E-state index in [2.05, 4.69) is 67.4 Å². The molecule has 0 saturated carbocycles. The highest BCUT2D eigenvalue weighted by atomic mass is 16.5. The van der Waals surface area contributed by atoms with E-state index in [-0.39, 0.29) is 5.56 Å². The summed E-state index contributed by atoms with van der Waals surface area (Å²) in [6, 6.07) is 2.98. The number of hydrogen-bond donors (Lipinski definition) is 1. The number of rotatable bonds is 33. The van der Waals surface area contributed by atoms with E-state index < -0.39 is 5.97 Å². The van der Waals surface area contributed by atoms with Gasteiger partial charge in [0.2, 0.25) is 11.8 Å². The lowest BCUT2D eigenvalue weighted by molar-refractivity contribution is 0.0695. The Morgan fingerprint density at radius 1 is 0.532 bits per heavy atom. The summed E-state index contributed by atoms with van der Waals surface area (Å²) < 4.78 is 11.6. The van der Waals surface area contributed by atoms with E-state index in [1.165, 1.54) is 128 Å². The van der Waals surface area contributed by atoms with E-state index in [1.54, 1.807) is 0 Å². The Bertz CT molecular complexity index is 913. The second-order valence-corrected chi connectivity index (χ2v) is 12.7. The van der Waals surface area contributed by atoms with Crippen molar-refractivity contribution in [2.24, 2.45) is 0 Å². The average Bonchev–Trinajstić information content (AvgIpc) is 3.07. The molecule has 0 radical (unpaired) electrons. The third-order valence-corrected chi connectivity index (χ3v) is 8.22. The summed E-state index contributed by atoms with van der Waals surface area (Å²) in [6.45, 7) is 5.57. The molecule has 0 aliphatic heterocycles. The van der Waals surface area contributed by atoms with Gasteiger partial charge in [0.05, 0.1) is 18.8 Å². The molecule has 0 amide bonds. The Hall–Kier alpha value is -2.82. The monoisotopic (exact) mass is 652 g/mol. The van der Waals surface area contributed by atoms with E-state index in [0.29, 0.717) is 25.0 Å². The second kappa shape index (κ2) is 33.1. The zero-order chi connectivity index (χ0) is 33.9. The van der Waals surface area contributed by atoms with Gasteiger partial charge in [0, 0.05) is 12.1 Å². The quantitative estimate of drug-likeness (QED) is 0.0605. The number of allylic oxidation sites excluding steroid dienone is 8. The van der Waals surface area contributed by atoms with Gasteiger partial charge in [0.15, 0.2) is 0 Å². The smallest absolute Gasteiger partial charge is 0.336 e. The number of ether oxygens (including phenoxy) is 2. The number of hydrogen-bond acceptors (Lipinski definition) is 4. The van der Waals surface area contributed by atoms with Gasteiger partial charge in [-0.05, 0) is 77.0 Å². The van der Waals surface area contributed by atoms with Crippen LogP contribution in [0.15, 0.2) is 60.7 Å². The molecule has 0 bridgehead atoms. The van der Waals surface area contributed by atoms with E-state index >= 15 is 0 Å². The molecule has 47 heavy (non-hydrogen) atoms. The van der Waals surface area contributed by atoms with Gasteiger partial charge in [-0.15, -0.1) is 0 Å². The van der Waals surface area contributed by atoms with Gasteiger partial charge in [0.25, 0.3) is 0 Å². The van der Waals surface area contributed by atoms with Crippen LogP contribution >= 0.6 is 0 Å². The van der Waals surface area contributed by atoms with E-state index in [4.69, 9.17) is 9.47 Å². The van der Waals surface area contributed by atoms with Crippen LogP contribution in [0, 0.1) is 0 Å². The summed E-state index contributed by atoms with van der Waals surface area (Å²) in [5.74, 6) is -0.330. The molecule has 1 N–H and O–H groups in total. The lowest BCUT2D eigenvalue weighted by Crippen LogP contribution is -2.06. The summed E-state index contributed by atoms with van der Waals surface area (Å²) >= 11 is 0. The van der Waals surface area contributed by atoms with Crippen molar-refractivity contribution >= 4 is 5.97 Å². The molecular formula is C42H69NO4. The molecule has 0 saturated heterocycles. The van der Waals surface area contributed by atoms with Gasteiger partial charge in [-0.25, -0.2) is 4.79 Å². The molecule has 266 valence electrons. The van der Waals surface area contributed by atoms with Crippen LogP contribution in [0.4, 0.5) is 0 Å². The maximum absolute atomic E-state index is 11.6. The molecule has 1 rings (SSSR count). The predicted octanol–water partition coefficient (Wildman–Crippen LogP) is 13.2. The highest BCUT2D eigenvalue weighted by Gasteiger charge is 2.10. The Kier molecular flexibility index (Phi) is 29.7. The summed E-state index contributed by atoms with van der Waals surface area (Å²) in [4.78, 5) is 16.0. The van der Waals surface area contributed by atoms with Gasteiger partial charge in [-0.1, -0.05) is 140 Å². The van der Waals surface area contributed by atoms with Crippen molar-refractivity contribution < 1.29 is 19.4 Å². The maximum Gasteiger partial charge on any atom is 0.336 e. The lowest BCUT2D eigenvalue weighted by Gasteiger charge is -2.10. The van der Waals surface area contributed by atoms with Crippen LogP contribution in [0.1, 0.15) is 178 Å². The van der Waals surface area contributed by atoms with Crippen LogP contribution in [-0.4, -0.2) is 29.3 Å². The Morgan fingerprint density at radius 3 is 1.23 bits per heavy atom. The van der Waals surface area contributed by atoms with Gasteiger partial charge >= 0.3 is 5.97 Å². The minimum Gasteiger partial charge on any atom is -0.478 e. The SMILES string of the molecule is CCCCC/C=C\C/C=C\CCCCCCCCOc1cc(C(=O)O)cc(OCCCCCCCC/C=C\C/C=C\CCCCC)n1. The predicted molar refractivity (Wildman–Crippen MR) is 201 cm³/mol. The fourth-order valence-electron chi connectivity index (χ4n) is 5.29. The third-order valence-electron chi connectivity index (χ3n) is 8.22.